The van der Waals surface area contributed by atoms with Gasteiger partial charge < -0.3 is 10.6 Å². The van der Waals surface area contributed by atoms with Crippen LogP contribution in [-0.2, 0) is 0 Å². The predicted molar refractivity (Wildman–Crippen MR) is 90.2 cm³/mol. The van der Waals surface area contributed by atoms with Gasteiger partial charge in [0.05, 0.1) is 0 Å². The quantitative estimate of drug-likeness (QED) is 0.877. The van der Waals surface area contributed by atoms with Crippen LogP contribution in [0.5, 0.6) is 0 Å². The number of aromatic nitrogens is 1. The van der Waals surface area contributed by atoms with Crippen molar-refractivity contribution in [2.75, 3.05) is 18.1 Å². The first kappa shape index (κ1) is 16.1. The summed E-state index contributed by atoms with van der Waals surface area (Å²) < 4.78 is 0. The summed E-state index contributed by atoms with van der Waals surface area (Å²) in [4.78, 5) is 16.8. The van der Waals surface area contributed by atoms with Crippen molar-refractivity contribution in [1.29, 1.82) is 0 Å². The molecule has 1 fully saturated rings. The van der Waals surface area contributed by atoms with Gasteiger partial charge in [0.15, 0.2) is 0 Å². The Morgan fingerprint density at radius 2 is 2.05 bits per heavy atom. The second-order valence-corrected chi connectivity index (χ2v) is 6.73. The average molecular weight is 307 g/mol. The highest BCUT2D eigenvalue weighted by Crippen LogP contribution is 2.27. The summed E-state index contributed by atoms with van der Waals surface area (Å²) >= 11 is 1.94. The minimum absolute atomic E-state index is 0.0206. The summed E-state index contributed by atoms with van der Waals surface area (Å²) in [6.45, 7) is 4.74. The smallest absolute Gasteiger partial charge is 0.251 e. The highest BCUT2D eigenvalue weighted by molar-refractivity contribution is 7.99. The molecule has 21 heavy (non-hydrogen) atoms. The molecular weight excluding hydrogens is 282 g/mol. The van der Waals surface area contributed by atoms with E-state index in [1.54, 1.807) is 0 Å². The van der Waals surface area contributed by atoms with Crippen LogP contribution >= 0.6 is 11.8 Å². The van der Waals surface area contributed by atoms with Gasteiger partial charge in [-0.1, -0.05) is 0 Å². The molecule has 0 spiro atoms. The number of hydrogen-bond donors (Lipinski definition) is 2. The normalized spacial score (nSPS) is 21.9. The third kappa shape index (κ3) is 4.63. The molecule has 1 amide bonds. The van der Waals surface area contributed by atoms with Gasteiger partial charge in [-0.05, 0) is 57.9 Å². The van der Waals surface area contributed by atoms with Gasteiger partial charge >= 0.3 is 0 Å². The fourth-order valence-corrected chi connectivity index (χ4v) is 3.53. The maximum Gasteiger partial charge on any atom is 0.251 e. The van der Waals surface area contributed by atoms with Crippen LogP contribution < -0.4 is 10.6 Å². The molecule has 1 saturated carbocycles. The first-order valence-corrected chi connectivity index (χ1v) is 8.97. The minimum atomic E-state index is 0.0206. The Labute approximate surface area is 131 Å². The lowest BCUT2D eigenvalue weighted by atomic mass is 9.94. The summed E-state index contributed by atoms with van der Waals surface area (Å²) in [6, 6.07) is 4.00. The van der Waals surface area contributed by atoms with E-state index in [4.69, 9.17) is 0 Å². The zero-order valence-electron chi connectivity index (χ0n) is 13.1. The molecule has 1 aliphatic rings. The van der Waals surface area contributed by atoms with E-state index in [2.05, 4.69) is 21.9 Å². The molecular formula is C16H25N3OS. The van der Waals surface area contributed by atoms with Crippen molar-refractivity contribution in [2.45, 2.75) is 50.8 Å². The van der Waals surface area contributed by atoms with Crippen LogP contribution in [-0.4, -0.2) is 35.0 Å². The predicted octanol–water partition coefficient (Wildman–Crippen LogP) is 3.23. The molecule has 0 atom stereocenters. The number of aryl methyl sites for hydroxylation is 1. The van der Waals surface area contributed by atoms with Crippen molar-refractivity contribution < 1.29 is 4.79 Å². The Morgan fingerprint density at radius 1 is 1.33 bits per heavy atom. The first-order chi connectivity index (χ1) is 10.1. The molecule has 116 valence electrons. The van der Waals surface area contributed by atoms with Crippen molar-refractivity contribution in [3.63, 3.8) is 0 Å². The lowest BCUT2D eigenvalue weighted by molar-refractivity contribution is 0.0928. The third-order valence-electron chi connectivity index (χ3n) is 3.92. The molecule has 2 rings (SSSR count). The Hall–Kier alpha value is -1.23. The van der Waals surface area contributed by atoms with Crippen LogP contribution in [0.2, 0.25) is 0 Å². The Morgan fingerprint density at radius 3 is 2.67 bits per heavy atom. The Balaban J connectivity index is 1.97. The highest BCUT2D eigenvalue weighted by atomic mass is 32.2. The monoisotopic (exact) mass is 307 g/mol. The Kier molecular flexibility index (Phi) is 5.91. The largest absolute Gasteiger partial charge is 0.370 e. The molecule has 2 N–H and O–H groups in total. The Bertz CT molecular complexity index is 484. The summed E-state index contributed by atoms with van der Waals surface area (Å²) in [5, 5.41) is 7.10. The molecule has 0 aliphatic heterocycles. The van der Waals surface area contributed by atoms with E-state index in [0.29, 0.717) is 11.6 Å². The van der Waals surface area contributed by atoms with Crippen LogP contribution in [0, 0.1) is 6.92 Å². The highest BCUT2D eigenvalue weighted by Gasteiger charge is 2.22. The van der Waals surface area contributed by atoms with E-state index in [-0.39, 0.29) is 5.91 Å². The standard InChI is InChI=1S/C16H25N3OS/c1-4-17-15-10-12(9-11(2)18-15)16(20)19-13-5-7-14(21-3)8-6-13/h9-10,13-14H,4-8H2,1-3H3,(H,17,18)(H,19,20). The summed E-state index contributed by atoms with van der Waals surface area (Å²) in [6.07, 6.45) is 6.74. The van der Waals surface area contributed by atoms with Crippen molar-refractivity contribution in [3.8, 4) is 0 Å². The molecule has 1 aromatic rings. The zero-order valence-corrected chi connectivity index (χ0v) is 13.9. The van der Waals surface area contributed by atoms with E-state index in [1.807, 2.05) is 37.7 Å². The van der Waals surface area contributed by atoms with Crippen LogP contribution in [0.4, 0.5) is 5.82 Å². The average Bonchev–Trinajstić information content (AvgIpc) is 2.48. The number of carbonyl (C=O) groups is 1. The molecule has 1 aliphatic carbocycles. The number of pyridine rings is 1. The van der Waals surface area contributed by atoms with E-state index in [1.165, 1.54) is 12.8 Å². The number of nitrogens with zero attached hydrogens (tertiary/aromatic N) is 1. The SMILES string of the molecule is CCNc1cc(C(=O)NC2CCC(SC)CC2)cc(C)n1. The van der Waals surface area contributed by atoms with Gasteiger partial charge in [0.1, 0.15) is 5.82 Å². The van der Waals surface area contributed by atoms with Gasteiger partial charge in [-0.3, -0.25) is 4.79 Å². The fraction of sp³-hybridized carbons (Fsp3) is 0.625. The van der Waals surface area contributed by atoms with Gasteiger partial charge in [-0.25, -0.2) is 4.98 Å². The molecule has 0 aromatic carbocycles. The lowest BCUT2D eigenvalue weighted by Gasteiger charge is -2.28. The van der Waals surface area contributed by atoms with Gasteiger partial charge in [0, 0.05) is 29.1 Å². The molecule has 0 unspecified atom stereocenters. The topological polar surface area (TPSA) is 54.0 Å². The molecule has 4 nitrogen and oxygen atoms in total. The number of hydrogen-bond acceptors (Lipinski definition) is 4. The number of nitrogens with one attached hydrogen (secondary N) is 2. The molecule has 1 aromatic heterocycles. The minimum Gasteiger partial charge on any atom is -0.370 e. The van der Waals surface area contributed by atoms with Crippen LogP contribution in [0.15, 0.2) is 12.1 Å². The maximum absolute atomic E-state index is 12.4. The van der Waals surface area contributed by atoms with Crippen molar-refractivity contribution in [2.24, 2.45) is 0 Å². The molecule has 0 radical (unpaired) electrons. The van der Waals surface area contributed by atoms with Crippen LogP contribution in [0.3, 0.4) is 0 Å². The van der Waals surface area contributed by atoms with Gasteiger partial charge in [-0.15, -0.1) is 0 Å². The zero-order chi connectivity index (χ0) is 15.2. The molecule has 5 heteroatoms. The number of carbonyl (C=O) groups excluding carboxylic acids is 1. The molecule has 1 heterocycles. The first-order valence-electron chi connectivity index (χ1n) is 7.68. The number of thioether (sulfide) groups is 1. The second-order valence-electron chi connectivity index (χ2n) is 5.60. The third-order valence-corrected chi connectivity index (χ3v) is 5.05. The van der Waals surface area contributed by atoms with E-state index < -0.39 is 0 Å². The lowest BCUT2D eigenvalue weighted by Crippen LogP contribution is -2.38. The fourth-order valence-electron chi connectivity index (χ4n) is 2.78. The van der Waals surface area contributed by atoms with Crippen molar-refractivity contribution in [1.82, 2.24) is 10.3 Å². The van der Waals surface area contributed by atoms with E-state index >= 15 is 0 Å². The summed E-state index contributed by atoms with van der Waals surface area (Å²) in [5.41, 5.74) is 1.56. The van der Waals surface area contributed by atoms with Crippen molar-refractivity contribution >= 4 is 23.5 Å². The van der Waals surface area contributed by atoms with Gasteiger partial charge in [0.25, 0.3) is 5.91 Å². The van der Waals surface area contributed by atoms with Gasteiger partial charge in [-0.2, -0.15) is 11.8 Å². The van der Waals surface area contributed by atoms with Crippen LogP contribution in [0.1, 0.15) is 48.7 Å². The number of rotatable bonds is 5. The summed E-state index contributed by atoms with van der Waals surface area (Å²) in [5.74, 6) is 0.793. The second kappa shape index (κ2) is 7.69. The van der Waals surface area contributed by atoms with E-state index in [0.717, 1.165) is 36.1 Å². The number of amides is 1. The maximum atomic E-state index is 12.4. The van der Waals surface area contributed by atoms with E-state index in [9.17, 15) is 4.79 Å². The summed E-state index contributed by atoms with van der Waals surface area (Å²) in [7, 11) is 0. The number of anilines is 1. The van der Waals surface area contributed by atoms with Crippen molar-refractivity contribution in [3.05, 3.63) is 23.4 Å². The van der Waals surface area contributed by atoms with Crippen LogP contribution in [0.25, 0.3) is 0 Å². The molecule has 0 saturated heterocycles. The molecule has 0 bridgehead atoms. The van der Waals surface area contributed by atoms with Gasteiger partial charge in [0.2, 0.25) is 0 Å².